The lowest BCUT2D eigenvalue weighted by Crippen LogP contribution is -2.30. The first kappa shape index (κ1) is 12.4. The fraction of sp³-hybridized carbons (Fsp3) is 0.467. The molecule has 1 N–H and O–H groups in total. The van der Waals surface area contributed by atoms with Crippen LogP contribution in [-0.2, 0) is 6.42 Å². The third-order valence-corrected chi connectivity index (χ3v) is 4.14. The Morgan fingerprint density at radius 3 is 2.95 bits per heavy atom. The molecule has 3 rings (SSSR count). The van der Waals surface area contributed by atoms with Crippen LogP contribution in [0.4, 0.5) is 0 Å². The predicted molar refractivity (Wildman–Crippen MR) is 70.2 cm³/mol. The molecule has 0 bridgehead atoms. The minimum absolute atomic E-state index is 0.00231. The summed E-state index contributed by atoms with van der Waals surface area (Å²) in [6, 6.07) is 5.41. The monoisotopic (exact) mass is 259 g/mol. The fourth-order valence-electron chi connectivity index (χ4n) is 3.03. The van der Waals surface area contributed by atoms with Gasteiger partial charge in [-0.1, -0.05) is 12.1 Å². The molecule has 4 heteroatoms. The van der Waals surface area contributed by atoms with Gasteiger partial charge in [-0.2, -0.15) is 0 Å². The van der Waals surface area contributed by atoms with Crippen LogP contribution in [0.5, 0.6) is 0 Å². The first-order valence-electron chi connectivity index (χ1n) is 6.76. The summed E-state index contributed by atoms with van der Waals surface area (Å²) in [4.78, 5) is 26.0. The molecule has 1 aliphatic carbocycles. The highest BCUT2D eigenvalue weighted by atomic mass is 16.3. The van der Waals surface area contributed by atoms with Gasteiger partial charge in [-0.3, -0.25) is 9.59 Å². The summed E-state index contributed by atoms with van der Waals surface area (Å²) in [7, 11) is 0. The molecule has 1 aromatic carbocycles. The molecule has 1 aromatic rings. The van der Waals surface area contributed by atoms with Gasteiger partial charge in [0.2, 0.25) is 0 Å². The first-order valence-corrected chi connectivity index (χ1v) is 6.76. The van der Waals surface area contributed by atoms with Crippen molar-refractivity contribution in [3.8, 4) is 0 Å². The van der Waals surface area contributed by atoms with Gasteiger partial charge >= 0.3 is 0 Å². The largest absolute Gasteiger partial charge is 0.396 e. The summed E-state index contributed by atoms with van der Waals surface area (Å²) >= 11 is 0. The van der Waals surface area contributed by atoms with Crippen LogP contribution in [0, 0.1) is 5.92 Å². The van der Waals surface area contributed by atoms with Crippen LogP contribution in [-0.4, -0.2) is 41.4 Å². The summed E-state index contributed by atoms with van der Waals surface area (Å²) in [6.07, 6.45) is 2.04. The van der Waals surface area contributed by atoms with Crippen molar-refractivity contribution in [1.29, 1.82) is 0 Å². The van der Waals surface area contributed by atoms with E-state index in [1.807, 2.05) is 12.1 Å². The van der Waals surface area contributed by atoms with Gasteiger partial charge < -0.3 is 10.0 Å². The van der Waals surface area contributed by atoms with Crippen LogP contribution in [0.1, 0.15) is 39.1 Å². The number of hydrogen-bond acceptors (Lipinski definition) is 3. The summed E-state index contributed by atoms with van der Waals surface area (Å²) < 4.78 is 0. The Balaban J connectivity index is 1.87. The zero-order chi connectivity index (χ0) is 13.4. The smallest absolute Gasteiger partial charge is 0.254 e. The van der Waals surface area contributed by atoms with Crippen molar-refractivity contribution in [2.75, 3.05) is 19.7 Å². The highest BCUT2D eigenvalue weighted by Gasteiger charge is 2.30. The number of hydrogen-bond donors (Lipinski definition) is 1. The maximum Gasteiger partial charge on any atom is 0.254 e. The van der Waals surface area contributed by atoms with Crippen molar-refractivity contribution in [3.05, 3.63) is 34.9 Å². The van der Waals surface area contributed by atoms with Gasteiger partial charge in [0, 0.05) is 43.2 Å². The van der Waals surface area contributed by atoms with Gasteiger partial charge in [0.15, 0.2) is 5.78 Å². The average Bonchev–Trinajstić information content (AvgIpc) is 3.05. The molecular weight excluding hydrogens is 242 g/mol. The van der Waals surface area contributed by atoms with Crippen LogP contribution in [0.15, 0.2) is 18.2 Å². The number of aliphatic hydroxyl groups excluding tert-OH is 1. The number of Topliss-reactive ketones (excluding diaryl/α,β-unsaturated/α-hetero) is 1. The summed E-state index contributed by atoms with van der Waals surface area (Å²) in [6.45, 7) is 1.45. The van der Waals surface area contributed by atoms with Crippen LogP contribution in [0.2, 0.25) is 0 Å². The second kappa shape index (κ2) is 4.78. The number of nitrogens with zero attached hydrogens (tertiary/aromatic N) is 1. The molecule has 19 heavy (non-hydrogen) atoms. The highest BCUT2D eigenvalue weighted by molar-refractivity contribution is 6.05. The molecule has 1 heterocycles. The number of fused-ring (bicyclic) bond motifs is 1. The van der Waals surface area contributed by atoms with E-state index in [0.717, 1.165) is 12.0 Å². The van der Waals surface area contributed by atoms with Gasteiger partial charge in [0.05, 0.1) is 0 Å². The molecule has 100 valence electrons. The van der Waals surface area contributed by atoms with Gasteiger partial charge in [0.25, 0.3) is 5.91 Å². The second-order valence-corrected chi connectivity index (χ2v) is 5.34. The molecule has 1 amide bonds. The van der Waals surface area contributed by atoms with Crippen molar-refractivity contribution >= 4 is 11.7 Å². The molecule has 1 atom stereocenters. The minimum Gasteiger partial charge on any atom is -0.396 e. The molecule has 1 fully saturated rings. The molecule has 0 saturated carbocycles. The molecule has 1 saturated heterocycles. The number of ketones is 1. The predicted octanol–water partition coefficient (Wildman–Crippen LogP) is 1.27. The standard InChI is InChI=1S/C15H17NO3/c17-9-10-6-7-16(8-10)15(19)13-3-1-2-12-11(13)4-5-14(12)18/h1-3,10,17H,4-9H2/t10-/m1/s1. The highest BCUT2D eigenvalue weighted by Crippen LogP contribution is 2.27. The Morgan fingerprint density at radius 1 is 1.37 bits per heavy atom. The average molecular weight is 259 g/mol. The maximum atomic E-state index is 12.5. The lowest BCUT2D eigenvalue weighted by molar-refractivity contribution is 0.0780. The first-order chi connectivity index (χ1) is 9.20. The minimum atomic E-state index is 0.00231. The van der Waals surface area contributed by atoms with E-state index in [1.54, 1.807) is 11.0 Å². The SMILES string of the molecule is O=C1CCc2c1cccc2C(=O)N1CC[C@@H](CO)C1. The molecular formula is C15H17NO3. The van der Waals surface area contributed by atoms with E-state index >= 15 is 0 Å². The van der Waals surface area contributed by atoms with E-state index in [2.05, 4.69) is 0 Å². The zero-order valence-electron chi connectivity index (χ0n) is 10.8. The molecule has 0 unspecified atom stereocenters. The topological polar surface area (TPSA) is 57.6 Å². The third kappa shape index (κ3) is 2.06. The second-order valence-electron chi connectivity index (χ2n) is 5.34. The normalized spacial score (nSPS) is 21.8. The Hall–Kier alpha value is -1.68. The van der Waals surface area contributed by atoms with Crippen molar-refractivity contribution in [2.45, 2.75) is 19.3 Å². The summed E-state index contributed by atoms with van der Waals surface area (Å²) in [5.41, 5.74) is 2.29. The van der Waals surface area contributed by atoms with Gasteiger partial charge in [0.1, 0.15) is 0 Å². The third-order valence-electron chi connectivity index (χ3n) is 4.14. The zero-order valence-corrected chi connectivity index (χ0v) is 10.8. The van der Waals surface area contributed by atoms with Crippen molar-refractivity contribution in [2.24, 2.45) is 5.92 Å². The van der Waals surface area contributed by atoms with E-state index in [1.165, 1.54) is 0 Å². The molecule has 1 aliphatic heterocycles. The molecule has 2 aliphatic rings. The Morgan fingerprint density at radius 2 is 2.21 bits per heavy atom. The molecule has 0 aromatic heterocycles. The van der Waals surface area contributed by atoms with Gasteiger partial charge in [-0.25, -0.2) is 0 Å². The molecule has 4 nitrogen and oxygen atoms in total. The number of rotatable bonds is 2. The van der Waals surface area contributed by atoms with Crippen molar-refractivity contribution in [3.63, 3.8) is 0 Å². The number of carbonyl (C=O) groups excluding carboxylic acids is 2. The van der Waals surface area contributed by atoms with E-state index in [9.17, 15) is 9.59 Å². The number of benzene rings is 1. The lowest BCUT2D eigenvalue weighted by atomic mass is 10.0. The summed E-state index contributed by atoms with van der Waals surface area (Å²) in [5.74, 6) is 0.337. The van der Waals surface area contributed by atoms with Crippen molar-refractivity contribution < 1.29 is 14.7 Å². The number of aliphatic hydroxyl groups is 1. The molecule has 0 spiro atoms. The number of carbonyl (C=O) groups is 2. The van der Waals surface area contributed by atoms with Crippen LogP contribution in [0.25, 0.3) is 0 Å². The fourth-order valence-corrected chi connectivity index (χ4v) is 3.03. The van der Waals surface area contributed by atoms with E-state index in [4.69, 9.17) is 5.11 Å². The Kier molecular flexibility index (Phi) is 3.11. The molecule has 0 radical (unpaired) electrons. The Bertz CT molecular complexity index is 538. The Labute approximate surface area is 112 Å². The van der Waals surface area contributed by atoms with Crippen LogP contribution < -0.4 is 0 Å². The lowest BCUT2D eigenvalue weighted by Gasteiger charge is -2.18. The summed E-state index contributed by atoms with van der Waals surface area (Å²) in [5, 5.41) is 9.14. The van der Waals surface area contributed by atoms with E-state index < -0.39 is 0 Å². The van der Waals surface area contributed by atoms with Crippen molar-refractivity contribution in [1.82, 2.24) is 4.90 Å². The van der Waals surface area contributed by atoms with E-state index in [-0.39, 0.29) is 24.2 Å². The van der Waals surface area contributed by atoms with Crippen LogP contribution in [0.3, 0.4) is 0 Å². The quantitative estimate of drug-likeness (QED) is 0.870. The maximum absolute atomic E-state index is 12.5. The van der Waals surface area contributed by atoms with E-state index in [0.29, 0.717) is 37.1 Å². The van der Waals surface area contributed by atoms with Gasteiger partial charge in [-0.05, 0) is 24.5 Å². The van der Waals surface area contributed by atoms with Gasteiger partial charge in [-0.15, -0.1) is 0 Å². The number of likely N-dealkylation sites (tertiary alicyclic amines) is 1. The van der Waals surface area contributed by atoms with Crippen LogP contribution >= 0.6 is 0 Å². The number of amides is 1.